The van der Waals surface area contributed by atoms with Crippen LogP contribution in [-0.2, 0) is 0 Å². The first kappa shape index (κ1) is 15.5. The Hall–Kier alpha value is -3.42. The zero-order chi connectivity index (χ0) is 16.9. The number of methoxy groups -OCH3 is 2. The molecule has 8 nitrogen and oxygen atoms in total. The predicted octanol–water partition coefficient (Wildman–Crippen LogP) is 2.40. The monoisotopic (exact) mass is 326 g/mol. The standard InChI is InChI=1S/C16H14N4O4/c1-22-10-6-7-11(13(9-10)23-2)14(21)18-16-20-19-15(24-16)12-5-3-4-8-17-12/h3-9H,1-2H3,(H,18,20,21). The van der Waals surface area contributed by atoms with Gasteiger partial charge in [0, 0.05) is 12.3 Å². The van der Waals surface area contributed by atoms with Crippen LogP contribution in [-0.4, -0.2) is 35.3 Å². The SMILES string of the molecule is COc1ccc(C(=O)Nc2nnc(-c3ccccn3)o2)c(OC)c1. The number of anilines is 1. The minimum absolute atomic E-state index is 0.0291. The van der Waals surface area contributed by atoms with Gasteiger partial charge >= 0.3 is 6.01 Å². The number of carbonyl (C=O) groups excluding carboxylic acids is 1. The first-order valence-electron chi connectivity index (χ1n) is 6.99. The summed E-state index contributed by atoms with van der Waals surface area (Å²) < 4.78 is 15.7. The quantitative estimate of drug-likeness (QED) is 0.768. The number of nitrogens with one attached hydrogen (secondary N) is 1. The molecule has 0 aliphatic rings. The Balaban J connectivity index is 1.79. The molecule has 0 fully saturated rings. The highest BCUT2D eigenvalue weighted by atomic mass is 16.5. The number of rotatable bonds is 5. The van der Waals surface area contributed by atoms with Crippen LogP contribution >= 0.6 is 0 Å². The molecule has 0 bridgehead atoms. The molecule has 0 aliphatic carbocycles. The van der Waals surface area contributed by atoms with Crippen molar-refractivity contribution in [1.29, 1.82) is 0 Å². The third kappa shape index (κ3) is 3.17. The van der Waals surface area contributed by atoms with E-state index >= 15 is 0 Å². The van der Waals surface area contributed by atoms with Crippen LogP contribution in [0.5, 0.6) is 11.5 Å². The van der Waals surface area contributed by atoms with Gasteiger partial charge in [0.15, 0.2) is 0 Å². The van der Waals surface area contributed by atoms with Gasteiger partial charge in [-0.1, -0.05) is 11.2 Å². The van der Waals surface area contributed by atoms with E-state index in [1.807, 2.05) is 0 Å². The number of hydrogen-bond acceptors (Lipinski definition) is 7. The molecule has 1 aromatic carbocycles. The van der Waals surface area contributed by atoms with Gasteiger partial charge < -0.3 is 13.9 Å². The normalized spacial score (nSPS) is 10.2. The number of hydrogen-bond donors (Lipinski definition) is 1. The zero-order valence-corrected chi connectivity index (χ0v) is 13.0. The smallest absolute Gasteiger partial charge is 0.322 e. The van der Waals surface area contributed by atoms with Gasteiger partial charge in [0.2, 0.25) is 0 Å². The lowest BCUT2D eigenvalue weighted by atomic mass is 10.2. The fourth-order valence-corrected chi connectivity index (χ4v) is 2.02. The molecule has 0 saturated carbocycles. The molecular formula is C16H14N4O4. The van der Waals surface area contributed by atoms with Crippen LogP contribution in [0.15, 0.2) is 47.0 Å². The second-order valence-electron chi connectivity index (χ2n) is 4.65. The van der Waals surface area contributed by atoms with Crippen LogP contribution in [0.3, 0.4) is 0 Å². The minimum atomic E-state index is -0.439. The number of amides is 1. The highest BCUT2D eigenvalue weighted by molar-refractivity contribution is 6.05. The van der Waals surface area contributed by atoms with Crippen LogP contribution in [0.1, 0.15) is 10.4 Å². The highest BCUT2D eigenvalue weighted by Crippen LogP contribution is 2.25. The molecule has 24 heavy (non-hydrogen) atoms. The molecule has 0 atom stereocenters. The summed E-state index contributed by atoms with van der Waals surface area (Å²) in [5, 5.41) is 10.2. The molecule has 2 aromatic heterocycles. The summed E-state index contributed by atoms with van der Waals surface area (Å²) in [5.41, 5.74) is 0.836. The maximum absolute atomic E-state index is 12.4. The van der Waals surface area contributed by atoms with E-state index in [1.54, 1.807) is 42.6 Å². The minimum Gasteiger partial charge on any atom is -0.497 e. The summed E-state index contributed by atoms with van der Waals surface area (Å²) in [4.78, 5) is 16.5. The average Bonchev–Trinajstić information content (AvgIpc) is 3.10. The summed E-state index contributed by atoms with van der Waals surface area (Å²) in [6.45, 7) is 0. The molecule has 8 heteroatoms. The predicted molar refractivity (Wildman–Crippen MR) is 85.0 cm³/mol. The third-order valence-corrected chi connectivity index (χ3v) is 3.18. The molecule has 0 spiro atoms. The maximum atomic E-state index is 12.4. The first-order chi connectivity index (χ1) is 11.7. The van der Waals surface area contributed by atoms with Gasteiger partial charge in [0.1, 0.15) is 17.2 Å². The van der Waals surface area contributed by atoms with Crippen LogP contribution in [0.25, 0.3) is 11.6 Å². The second-order valence-corrected chi connectivity index (χ2v) is 4.65. The fraction of sp³-hybridized carbons (Fsp3) is 0.125. The second kappa shape index (κ2) is 6.78. The van der Waals surface area contributed by atoms with Crippen LogP contribution in [0.2, 0.25) is 0 Å². The Morgan fingerprint density at radius 2 is 2.00 bits per heavy atom. The van der Waals surface area contributed by atoms with Crippen molar-refractivity contribution in [3.63, 3.8) is 0 Å². The highest BCUT2D eigenvalue weighted by Gasteiger charge is 2.17. The molecule has 0 unspecified atom stereocenters. The van der Waals surface area contributed by atoms with Crippen LogP contribution in [0.4, 0.5) is 6.01 Å². The summed E-state index contributed by atoms with van der Waals surface area (Å²) in [6, 6.07) is 10.1. The molecule has 3 aromatic rings. The van der Waals surface area contributed by atoms with Gasteiger partial charge in [0.25, 0.3) is 11.8 Å². The molecular weight excluding hydrogens is 312 g/mol. The van der Waals surface area contributed by atoms with E-state index in [-0.39, 0.29) is 11.9 Å². The number of ether oxygens (including phenoxy) is 2. The molecule has 122 valence electrons. The summed E-state index contributed by atoms with van der Waals surface area (Å²) in [5.74, 6) is 0.730. The Morgan fingerprint density at radius 1 is 1.12 bits per heavy atom. The Bertz CT molecular complexity index is 848. The molecule has 1 N–H and O–H groups in total. The van der Waals surface area contributed by atoms with Crippen molar-refractivity contribution < 1.29 is 18.7 Å². The molecule has 2 heterocycles. The van der Waals surface area contributed by atoms with Crippen molar-refractivity contribution in [2.24, 2.45) is 0 Å². The Morgan fingerprint density at radius 3 is 2.71 bits per heavy atom. The van der Waals surface area contributed by atoms with E-state index < -0.39 is 5.91 Å². The summed E-state index contributed by atoms with van der Waals surface area (Å²) in [6.07, 6.45) is 1.61. The number of aromatic nitrogens is 3. The number of nitrogens with zero attached hydrogens (tertiary/aromatic N) is 3. The van der Waals surface area contributed by atoms with E-state index in [4.69, 9.17) is 13.9 Å². The van der Waals surface area contributed by atoms with E-state index in [1.165, 1.54) is 14.2 Å². The van der Waals surface area contributed by atoms with E-state index in [9.17, 15) is 4.79 Å². The van der Waals surface area contributed by atoms with Crippen molar-refractivity contribution in [1.82, 2.24) is 15.2 Å². The first-order valence-corrected chi connectivity index (χ1v) is 6.99. The lowest BCUT2D eigenvalue weighted by Gasteiger charge is -2.09. The number of benzene rings is 1. The maximum Gasteiger partial charge on any atom is 0.322 e. The van der Waals surface area contributed by atoms with Gasteiger partial charge in [-0.05, 0) is 24.3 Å². The number of pyridine rings is 1. The summed E-state index contributed by atoms with van der Waals surface area (Å²) in [7, 11) is 3.00. The van der Waals surface area contributed by atoms with Gasteiger partial charge in [-0.3, -0.25) is 15.1 Å². The molecule has 3 rings (SSSR count). The van der Waals surface area contributed by atoms with Gasteiger partial charge in [0.05, 0.1) is 19.8 Å². The molecule has 0 aliphatic heterocycles. The molecule has 0 radical (unpaired) electrons. The van der Waals surface area contributed by atoms with Crippen LogP contribution in [0, 0.1) is 0 Å². The van der Waals surface area contributed by atoms with Crippen molar-refractivity contribution in [2.75, 3.05) is 19.5 Å². The van der Waals surface area contributed by atoms with Crippen molar-refractivity contribution in [3.05, 3.63) is 48.2 Å². The number of carbonyl (C=O) groups is 1. The van der Waals surface area contributed by atoms with Crippen molar-refractivity contribution >= 4 is 11.9 Å². The Labute approximate surface area is 137 Å². The summed E-state index contributed by atoms with van der Waals surface area (Å²) >= 11 is 0. The lowest BCUT2D eigenvalue weighted by Crippen LogP contribution is -2.13. The topological polar surface area (TPSA) is 99.4 Å². The zero-order valence-electron chi connectivity index (χ0n) is 13.0. The van der Waals surface area contributed by atoms with Crippen LogP contribution < -0.4 is 14.8 Å². The lowest BCUT2D eigenvalue weighted by molar-refractivity contribution is 0.102. The van der Waals surface area contributed by atoms with Crippen molar-refractivity contribution in [2.45, 2.75) is 0 Å². The van der Waals surface area contributed by atoms with Gasteiger partial charge in [-0.25, -0.2) is 0 Å². The fourth-order valence-electron chi connectivity index (χ4n) is 2.02. The van der Waals surface area contributed by atoms with Gasteiger partial charge in [-0.15, -0.1) is 5.10 Å². The molecule has 0 saturated heterocycles. The average molecular weight is 326 g/mol. The largest absolute Gasteiger partial charge is 0.497 e. The third-order valence-electron chi connectivity index (χ3n) is 3.18. The van der Waals surface area contributed by atoms with Gasteiger partial charge in [-0.2, -0.15) is 0 Å². The van der Waals surface area contributed by atoms with E-state index in [0.717, 1.165) is 0 Å². The van der Waals surface area contributed by atoms with E-state index in [2.05, 4.69) is 20.5 Å². The van der Waals surface area contributed by atoms with E-state index in [0.29, 0.717) is 22.8 Å². The van der Waals surface area contributed by atoms with Crippen molar-refractivity contribution in [3.8, 4) is 23.1 Å². The Kier molecular flexibility index (Phi) is 4.37. The molecule has 1 amide bonds.